The number of fused-ring (bicyclic) bond motifs is 2. The van der Waals surface area contributed by atoms with Gasteiger partial charge in [-0.25, -0.2) is 0 Å². The second-order valence-corrected chi connectivity index (χ2v) is 8.28. The number of hydrazine groups is 1. The Bertz CT molecular complexity index is 741. The van der Waals surface area contributed by atoms with Crippen LogP contribution in [-0.4, -0.2) is 11.9 Å². The summed E-state index contributed by atoms with van der Waals surface area (Å²) < 4.78 is 0.896. The normalized spacial score (nSPS) is 29.9. The van der Waals surface area contributed by atoms with E-state index in [-0.39, 0.29) is 11.3 Å². The summed E-state index contributed by atoms with van der Waals surface area (Å²) in [5.74, 6) is -1.32. The molecule has 6 heteroatoms. The lowest BCUT2D eigenvalue weighted by molar-refractivity contribution is -0.320. The smallest absolute Gasteiger partial charge is 0.269 e. The number of rotatable bonds is 4. The fraction of sp³-hybridized carbons (Fsp3) is 0.444. The first kappa shape index (κ1) is 17.0. The molecule has 3 rings (SSSR count). The number of carboxylic acids is 1. The number of nitrogens with one attached hydrogen (secondary N) is 2. The number of carboxylic acid groups (broad SMARTS) is 1. The van der Waals surface area contributed by atoms with Crippen LogP contribution in [0.2, 0.25) is 0 Å². The molecule has 2 aliphatic carbocycles. The Hall–Kier alpha value is -1.82. The van der Waals surface area contributed by atoms with Crippen LogP contribution in [0, 0.1) is 16.2 Å². The second kappa shape index (κ2) is 5.34. The van der Waals surface area contributed by atoms with E-state index in [1.807, 2.05) is 20.8 Å². The van der Waals surface area contributed by atoms with Crippen LogP contribution in [0.25, 0.3) is 0 Å². The minimum atomic E-state index is -1.05. The Morgan fingerprint density at radius 2 is 1.75 bits per heavy atom. The van der Waals surface area contributed by atoms with Crippen molar-refractivity contribution in [2.45, 2.75) is 33.6 Å². The molecule has 1 saturated carbocycles. The molecule has 0 aromatic heterocycles. The highest BCUT2D eigenvalue weighted by Crippen LogP contribution is 2.70. The Labute approximate surface area is 149 Å². The van der Waals surface area contributed by atoms with Gasteiger partial charge in [0.05, 0.1) is 5.97 Å². The summed E-state index contributed by atoms with van der Waals surface area (Å²) in [6.45, 7) is 5.95. The molecule has 0 heterocycles. The monoisotopic (exact) mass is 391 g/mol. The van der Waals surface area contributed by atoms with Crippen molar-refractivity contribution in [1.29, 1.82) is 0 Å². The summed E-state index contributed by atoms with van der Waals surface area (Å²) in [6, 6.07) is 7.01. The van der Waals surface area contributed by atoms with Crippen LogP contribution in [0.3, 0.4) is 0 Å². The first-order valence-electron chi connectivity index (χ1n) is 7.91. The van der Waals surface area contributed by atoms with Gasteiger partial charge < -0.3 is 15.3 Å². The molecule has 1 aromatic carbocycles. The molecule has 1 aromatic rings. The minimum Gasteiger partial charge on any atom is -0.549 e. The van der Waals surface area contributed by atoms with Crippen LogP contribution in [0.5, 0.6) is 0 Å². The van der Waals surface area contributed by atoms with E-state index in [1.54, 1.807) is 30.3 Å². The zero-order valence-electron chi connectivity index (χ0n) is 13.9. The van der Waals surface area contributed by atoms with Crippen molar-refractivity contribution in [1.82, 2.24) is 10.9 Å². The fourth-order valence-electron chi connectivity index (χ4n) is 4.08. The number of halogens is 1. The molecule has 1 fully saturated rings. The third kappa shape index (κ3) is 2.12. The number of hydrogen-bond acceptors (Lipinski definition) is 4. The van der Waals surface area contributed by atoms with Crippen molar-refractivity contribution in [2.24, 2.45) is 16.2 Å². The third-order valence-electron chi connectivity index (χ3n) is 6.28. The predicted molar refractivity (Wildman–Crippen MR) is 91.4 cm³/mol. The number of carbonyl (C=O) groups is 2. The lowest BCUT2D eigenvalue weighted by Crippen LogP contribution is -2.48. The summed E-state index contributed by atoms with van der Waals surface area (Å²) in [7, 11) is 0. The fourth-order valence-corrected chi connectivity index (χ4v) is 4.35. The molecule has 5 nitrogen and oxygen atoms in total. The SMILES string of the molecule is CC1(C)[C@]2(C)CC[C@@]1(C(=O)[O-])C=C2NNC(=O)c1ccc(Br)cc1. The summed E-state index contributed by atoms with van der Waals surface area (Å²) in [5, 5.41) is 11.8. The molecular formula is C18H20BrN2O3-. The number of benzene rings is 1. The van der Waals surface area contributed by atoms with Crippen LogP contribution in [-0.2, 0) is 4.79 Å². The maximum Gasteiger partial charge on any atom is 0.269 e. The van der Waals surface area contributed by atoms with Gasteiger partial charge in [0, 0.05) is 26.6 Å². The standard InChI is InChI=1S/C18H21BrN2O3/c1-16(2)17(3)8-9-18(16,15(23)24)10-13(17)20-21-14(22)11-4-6-12(19)7-5-11/h4-7,10,20H,8-9H2,1-3H3,(H,21,22)(H,23,24)/p-1/t17-,18+/m1/s1. The van der Waals surface area contributed by atoms with E-state index in [9.17, 15) is 14.7 Å². The van der Waals surface area contributed by atoms with Crippen molar-refractivity contribution < 1.29 is 14.7 Å². The molecule has 0 radical (unpaired) electrons. The number of carbonyl (C=O) groups excluding carboxylic acids is 2. The van der Waals surface area contributed by atoms with E-state index >= 15 is 0 Å². The Balaban J connectivity index is 1.80. The highest BCUT2D eigenvalue weighted by atomic mass is 79.9. The van der Waals surface area contributed by atoms with Gasteiger partial charge in [0.25, 0.3) is 5.91 Å². The zero-order chi connectivity index (χ0) is 17.8. The molecule has 0 spiro atoms. The van der Waals surface area contributed by atoms with Gasteiger partial charge in [0.2, 0.25) is 0 Å². The largest absolute Gasteiger partial charge is 0.549 e. The van der Waals surface area contributed by atoms with Gasteiger partial charge in [-0.15, -0.1) is 0 Å². The summed E-state index contributed by atoms with van der Waals surface area (Å²) >= 11 is 3.33. The van der Waals surface area contributed by atoms with Crippen molar-refractivity contribution in [3.05, 3.63) is 46.1 Å². The number of allylic oxidation sites excluding steroid dienone is 1. The highest BCUT2D eigenvalue weighted by Gasteiger charge is 2.66. The molecule has 2 N–H and O–H groups in total. The molecule has 128 valence electrons. The van der Waals surface area contributed by atoms with E-state index in [0.717, 1.165) is 16.6 Å². The van der Waals surface area contributed by atoms with E-state index in [0.29, 0.717) is 12.0 Å². The summed E-state index contributed by atoms with van der Waals surface area (Å²) in [6.07, 6.45) is 3.03. The Morgan fingerprint density at radius 3 is 2.29 bits per heavy atom. The molecule has 2 aliphatic rings. The predicted octanol–water partition coefficient (Wildman–Crippen LogP) is 2.14. The van der Waals surface area contributed by atoms with Gasteiger partial charge in [-0.05, 0) is 42.5 Å². The topological polar surface area (TPSA) is 81.3 Å². The third-order valence-corrected chi connectivity index (χ3v) is 6.81. The van der Waals surface area contributed by atoms with Crippen molar-refractivity contribution in [2.75, 3.05) is 0 Å². The number of aliphatic carboxylic acids is 1. The van der Waals surface area contributed by atoms with Crippen LogP contribution < -0.4 is 16.0 Å². The molecule has 1 amide bonds. The average molecular weight is 392 g/mol. The number of amides is 1. The van der Waals surface area contributed by atoms with Crippen LogP contribution in [0.15, 0.2) is 40.5 Å². The lowest BCUT2D eigenvalue weighted by Gasteiger charge is -2.42. The summed E-state index contributed by atoms with van der Waals surface area (Å²) in [4.78, 5) is 24.1. The minimum absolute atomic E-state index is 0.268. The van der Waals surface area contributed by atoms with E-state index < -0.39 is 16.8 Å². The average Bonchev–Trinajstić information content (AvgIpc) is 2.83. The molecule has 2 bridgehead atoms. The van der Waals surface area contributed by atoms with Gasteiger partial charge in [0.1, 0.15) is 0 Å². The Kier molecular flexibility index (Phi) is 3.79. The van der Waals surface area contributed by atoms with Crippen LogP contribution >= 0.6 is 15.9 Å². The van der Waals surface area contributed by atoms with Gasteiger partial charge >= 0.3 is 0 Å². The van der Waals surface area contributed by atoms with E-state index in [1.165, 1.54) is 0 Å². The molecule has 0 saturated heterocycles. The van der Waals surface area contributed by atoms with Gasteiger partial charge in [0.15, 0.2) is 0 Å². The zero-order valence-corrected chi connectivity index (χ0v) is 15.5. The van der Waals surface area contributed by atoms with Gasteiger partial charge in [-0.1, -0.05) is 42.8 Å². The van der Waals surface area contributed by atoms with Gasteiger partial charge in [-0.2, -0.15) is 0 Å². The van der Waals surface area contributed by atoms with Crippen molar-refractivity contribution in [3.63, 3.8) is 0 Å². The molecule has 2 atom stereocenters. The Morgan fingerprint density at radius 1 is 1.12 bits per heavy atom. The lowest BCUT2D eigenvalue weighted by atomic mass is 9.63. The van der Waals surface area contributed by atoms with E-state index in [4.69, 9.17) is 0 Å². The van der Waals surface area contributed by atoms with Crippen molar-refractivity contribution >= 4 is 27.8 Å². The first-order valence-corrected chi connectivity index (χ1v) is 8.70. The number of hydrogen-bond donors (Lipinski definition) is 2. The summed E-state index contributed by atoms with van der Waals surface area (Å²) in [5.41, 5.74) is 5.08. The molecule has 24 heavy (non-hydrogen) atoms. The van der Waals surface area contributed by atoms with Crippen LogP contribution in [0.1, 0.15) is 44.0 Å². The maximum absolute atomic E-state index is 12.3. The maximum atomic E-state index is 12.3. The van der Waals surface area contributed by atoms with Crippen LogP contribution in [0.4, 0.5) is 0 Å². The van der Waals surface area contributed by atoms with E-state index in [2.05, 4.69) is 26.8 Å². The quantitative estimate of drug-likeness (QED) is 0.770. The van der Waals surface area contributed by atoms with Gasteiger partial charge in [-0.3, -0.25) is 10.2 Å². The second-order valence-electron chi connectivity index (χ2n) is 7.36. The molecule has 0 aliphatic heterocycles. The molecular weight excluding hydrogens is 372 g/mol. The first-order chi connectivity index (χ1) is 11.1. The highest BCUT2D eigenvalue weighted by molar-refractivity contribution is 9.10. The molecule has 0 unspecified atom stereocenters. The van der Waals surface area contributed by atoms with Crippen molar-refractivity contribution in [3.8, 4) is 0 Å².